The monoisotopic (exact) mass is 251 g/mol. The number of hydrogen-bond donors (Lipinski definition) is 2. The molecule has 7 heteroatoms. The summed E-state index contributed by atoms with van der Waals surface area (Å²) in [6, 6.07) is 2.60. The second-order valence-corrected chi connectivity index (χ2v) is 5.01. The number of aryl methyl sites for hydroxylation is 2. The lowest BCUT2D eigenvalue weighted by Gasteiger charge is -2.11. The minimum Gasteiger partial charge on any atom is -0.508 e. The van der Waals surface area contributed by atoms with E-state index >= 15 is 0 Å². The van der Waals surface area contributed by atoms with Crippen molar-refractivity contribution >= 4 is 15.7 Å². The Morgan fingerprint density at radius 2 is 1.81 bits per heavy atom. The lowest BCUT2D eigenvalue weighted by molar-refractivity contribution is 0.236. The molecule has 1 aromatic rings. The number of halogens is 2. The van der Waals surface area contributed by atoms with E-state index < -0.39 is 15.8 Å². The van der Waals surface area contributed by atoms with Crippen molar-refractivity contribution in [2.24, 2.45) is 0 Å². The van der Waals surface area contributed by atoms with Gasteiger partial charge in [-0.3, -0.25) is 4.72 Å². The summed E-state index contributed by atoms with van der Waals surface area (Å²) < 4.78 is 47.8. The third-order valence-corrected chi connectivity index (χ3v) is 3.00. The average molecular weight is 251 g/mol. The molecule has 2 N–H and O–H groups in total. The van der Waals surface area contributed by atoms with Gasteiger partial charge >= 0.3 is 5.76 Å². The van der Waals surface area contributed by atoms with Crippen LogP contribution in [0.4, 0.5) is 14.5 Å². The van der Waals surface area contributed by atoms with Gasteiger partial charge in [-0.25, -0.2) is 8.42 Å². The van der Waals surface area contributed by atoms with Crippen molar-refractivity contribution in [1.82, 2.24) is 0 Å². The van der Waals surface area contributed by atoms with Crippen molar-refractivity contribution in [3.8, 4) is 5.75 Å². The normalized spacial score (nSPS) is 11.8. The summed E-state index contributed by atoms with van der Waals surface area (Å²) in [4.78, 5) is 0. The van der Waals surface area contributed by atoms with Crippen molar-refractivity contribution in [2.75, 3.05) is 4.72 Å². The quantitative estimate of drug-likeness (QED) is 0.807. The predicted molar refractivity (Wildman–Crippen MR) is 56.1 cm³/mol. The van der Waals surface area contributed by atoms with E-state index in [2.05, 4.69) is 0 Å². The largest absolute Gasteiger partial charge is 0.508 e. The molecule has 0 radical (unpaired) electrons. The Morgan fingerprint density at radius 3 is 2.31 bits per heavy atom. The Morgan fingerprint density at radius 1 is 1.25 bits per heavy atom. The molecule has 1 rings (SSSR count). The van der Waals surface area contributed by atoms with Crippen LogP contribution >= 0.6 is 0 Å². The van der Waals surface area contributed by atoms with Gasteiger partial charge in [0, 0.05) is 0 Å². The highest BCUT2D eigenvalue weighted by atomic mass is 32.2. The summed E-state index contributed by atoms with van der Waals surface area (Å²) in [5.41, 5.74) is 0.806. The Labute approximate surface area is 92.0 Å². The highest BCUT2D eigenvalue weighted by Crippen LogP contribution is 2.26. The Kier molecular flexibility index (Phi) is 3.37. The summed E-state index contributed by atoms with van der Waals surface area (Å²) in [5.74, 6) is -3.50. The molecular formula is C9H11F2NO3S. The highest BCUT2D eigenvalue weighted by molar-refractivity contribution is 7.93. The molecule has 0 saturated carbocycles. The lowest BCUT2D eigenvalue weighted by atomic mass is 10.1. The van der Waals surface area contributed by atoms with E-state index in [9.17, 15) is 22.3 Å². The first-order valence-electron chi connectivity index (χ1n) is 4.34. The van der Waals surface area contributed by atoms with Crippen LogP contribution in [-0.2, 0) is 10.0 Å². The first-order valence-corrected chi connectivity index (χ1v) is 5.88. The lowest BCUT2D eigenvalue weighted by Crippen LogP contribution is -2.21. The fourth-order valence-electron chi connectivity index (χ4n) is 1.11. The summed E-state index contributed by atoms with van der Waals surface area (Å²) in [6.45, 7) is 3.04. The number of nitrogens with one attached hydrogen (secondary N) is 1. The van der Waals surface area contributed by atoms with Crippen molar-refractivity contribution in [3.05, 3.63) is 23.3 Å². The maximum absolute atomic E-state index is 12.1. The molecule has 4 nitrogen and oxygen atoms in total. The molecule has 16 heavy (non-hydrogen) atoms. The molecule has 0 aliphatic heterocycles. The van der Waals surface area contributed by atoms with Crippen LogP contribution in [0.5, 0.6) is 5.75 Å². The topological polar surface area (TPSA) is 66.4 Å². The van der Waals surface area contributed by atoms with E-state index in [-0.39, 0.29) is 11.4 Å². The molecule has 0 aliphatic carbocycles. The molecule has 90 valence electrons. The van der Waals surface area contributed by atoms with Gasteiger partial charge in [0.25, 0.3) is 10.0 Å². The van der Waals surface area contributed by atoms with E-state index in [0.29, 0.717) is 11.1 Å². The molecule has 0 unspecified atom stereocenters. The van der Waals surface area contributed by atoms with Gasteiger partial charge in [-0.05, 0) is 37.1 Å². The molecule has 0 aliphatic rings. The summed E-state index contributed by atoms with van der Waals surface area (Å²) >= 11 is 0. The molecule has 0 aromatic heterocycles. The van der Waals surface area contributed by atoms with Gasteiger partial charge < -0.3 is 5.11 Å². The van der Waals surface area contributed by atoms with Crippen LogP contribution in [0.2, 0.25) is 0 Å². The number of phenolic OH excluding ortho intramolecular Hbond substituents is 1. The number of alkyl halides is 2. The van der Waals surface area contributed by atoms with Crippen LogP contribution in [0.15, 0.2) is 12.1 Å². The number of hydrogen-bond acceptors (Lipinski definition) is 3. The summed E-state index contributed by atoms with van der Waals surface area (Å²) in [7, 11) is -4.67. The molecule has 0 heterocycles. The first kappa shape index (κ1) is 12.7. The molecule has 0 amide bonds. The van der Waals surface area contributed by atoms with E-state index in [1.807, 2.05) is 0 Å². The van der Waals surface area contributed by atoms with Crippen LogP contribution in [-0.4, -0.2) is 19.3 Å². The van der Waals surface area contributed by atoms with E-state index in [1.165, 1.54) is 26.0 Å². The minimum absolute atomic E-state index is 0.0162. The number of phenols is 1. The molecule has 0 spiro atoms. The number of benzene rings is 1. The van der Waals surface area contributed by atoms with Gasteiger partial charge in [-0.1, -0.05) is 0 Å². The zero-order valence-electron chi connectivity index (χ0n) is 8.66. The zero-order chi connectivity index (χ0) is 12.5. The third kappa shape index (κ3) is 2.60. The van der Waals surface area contributed by atoms with Crippen LogP contribution < -0.4 is 4.72 Å². The Balaban J connectivity index is 3.13. The average Bonchev–Trinajstić information content (AvgIpc) is 2.13. The van der Waals surface area contributed by atoms with Gasteiger partial charge in [0.15, 0.2) is 0 Å². The van der Waals surface area contributed by atoms with Gasteiger partial charge in [-0.15, -0.1) is 0 Å². The summed E-state index contributed by atoms with van der Waals surface area (Å²) in [6.07, 6.45) is 0. The number of sulfonamides is 1. The van der Waals surface area contributed by atoms with Gasteiger partial charge in [0.1, 0.15) is 5.75 Å². The van der Waals surface area contributed by atoms with Crippen molar-refractivity contribution in [3.63, 3.8) is 0 Å². The SMILES string of the molecule is Cc1cc(NS(=O)(=O)C(F)F)c(C)cc1O. The zero-order valence-corrected chi connectivity index (χ0v) is 9.48. The smallest absolute Gasteiger partial charge is 0.355 e. The van der Waals surface area contributed by atoms with Crippen molar-refractivity contribution in [1.29, 1.82) is 0 Å². The highest BCUT2D eigenvalue weighted by Gasteiger charge is 2.24. The molecule has 0 saturated heterocycles. The molecule has 0 atom stereocenters. The molecule has 0 fully saturated rings. The van der Waals surface area contributed by atoms with Crippen LogP contribution in [0.3, 0.4) is 0 Å². The van der Waals surface area contributed by atoms with Crippen molar-refractivity contribution in [2.45, 2.75) is 19.6 Å². The Bertz CT molecular complexity index is 500. The molecule has 1 aromatic carbocycles. The van der Waals surface area contributed by atoms with Crippen LogP contribution in [0, 0.1) is 13.8 Å². The maximum atomic E-state index is 12.1. The number of anilines is 1. The second-order valence-electron chi connectivity index (χ2n) is 3.36. The first-order chi connectivity index (χ1) is 7.24. The van der Waals surface area contributed by atoms with E-state index in [1.54, 1.807) is 4.72 Å². The molecule has 0 bridgehead atoms. The fraction of sp³-hybridized carbons (Fsp3) is 0.333. The van der Waals surface area contributed by atoms with Crippen LogP contribution in [0.25, 0.3) is 0 Å². The Hall–Kier alpha value is -1.37. The minimum atomic E-state index is -4.67. The van der Waals surface area contributed by atoms with E-state index in [0.717, 1.165) is 0 Å². The van der Waals surface area contributed by atoms with Gasteiger partial charge in [0.2, 0.25) is 0 Å². The summed E-state index contributed by atoms with van der Waals surface area (Å²) in [5, 5.41) is 9.31. The third-order valence-electron chi connectivity index (χ3n) is 2.03. The predicted octanol–water partition coefficient (Wildman–Crippen LogP) is 1.97. The standard InChI is InChI=1S/C9H11F2NO3S/c1-5-4-8(13)6(2)3-7(5)12-16(14,15)9(10)11/h3-4,9,12-13H,1-2H3. The van der Waals surface area contributed by atoms with Crippen molar-refractivity contribution < 1.29 is 22.3 Å². The maximum Gasteiger partial charge on any atom is 0.355 e. The number of rotatable bonds is 3. The van der Waals surface area contributed by atoms with Gasteiger partial charge in [0.05, 0.1) is 5.69 Å². The van der Waals surface area contributed by atoms with Crippen LogP contribution in [0.1, 0.15) is 11.1 Å². The number of aromatic hydroxyl groups is 1. The van der Waals surface area contributed by atoms with E-state index in [4.69, 9.17) is 0 Å². The van der Waals surface area contributed by atoms with Gasteiger partial charge in [-0.2, -0.15) is 8.78 Å². The molecular weight excluding hydrogens is 240 g/mol. The fourth-order valence-corrected chi connectivity index (χ4v) is 1.72. The second kappa shape index (κ2) is 4.25.